The van der Waals surface area contributed by atoms with E-state index >= 15 is 0 Å². The highest BCUT2D eigenvalue weighted by Crippen LogP contribution is 2.07. The summed E-state index contributed by atoms with van der Waals surface area (Å²) in [6.07, 6.45) is 3.07. The highest BCUT2D eigenvalue weighted by molar-refractivity contribution is 7.98. The number of amides is 2. The molecule has 3 unspecified atom stereocenters. The van der Waals surface area contributed by atoms with Crippen LogP contribution in [-0.4, -0.2) is 53.5 Å². The molecule has 5 N–H and O–H groups in total. The number of hydrogen-bond donors (Lipinski definition) is 4. The Morgan fingerprint density at radius 3 is 2.38 bits per heavy atom. The molecule has 7 nitrogen and oxygen atoms in total. The van der Waals surface area contributed by atoms with E-state index < -0.39 is 30.5 Å². The maximum absolute atomic E-state index is 12.0. The van der Waals surface area contributed by atoms with Crippen LogP contribution in [-0.2, 0) is 14.4 Å². The van der Waals surface area contributed by atoms with Crippen molar-refractivity contribution in [2.24, 2.45) is 11.7 Å². The van der Waals surface area contributed by atoms with E-state index in [0.29, 0.717) is 12.2 Å². The van der Waals surface area contributed by atoms with Crippen LogP contribution in [0.15, 0.2) is 0 Å². The molecule has 0 aliphatic heterocycles. The van der Waals surface area contributed by atoms with Crippen molar-refractivity contribution in [2.45, 2.75) is 38.8 Å². The molecule has 0 aliphatic carbocycles. The quantitative estimate of drug-likeness (QED) is 0.442. The summed E-state index contributed by atoms with van der Waals surface area (Å²) in [5.74, 6) is -1.34. The molecule has 0 rings (SSSR count). The first kappa shape index (κ1) is 19.7. The number of nitrogens with two attached hydrogens (primary N) is 1. The summed E-state index contributed by atoms with van der Waals surface area (Å²) in [5.41, 5.74) is 5.83. The monoisotopic (exact) mass is 319 g/mol. The average Bonchev–Trinajstić information content (AvgIpc) is 2.46. The van der Waals surface area contributed by atoms with E-state index in [0.717, 1.165) is 6.42 Å². The molecular weight excluding hydrogens is 294 g/mol. The van der Waals surface area contributed by atoms with Gasteiger partial charge in [0.05, 0.1) is 6.04 Å². The van der Waals surface area contributed by atoms with Crippen LogP contribution in [0.25, 0.3) is 0 Å². The van der Waals surface area contributed by atoms with Crippen LogP contribution >= 0.6 is 11.8 Å². The minimum absolute atomic E-state index is 0.00767. The lowest BCUT2D eigenvalue weighted by Gasteiger charge is -2.22. The lowest BCUT2D eigenvalue weighted by molar-refractivity contribution is -0.138. The number of rotatable bonds is 10. The van der Waals surface area contributed by atoms with E-state index in [9.17, 15) is 14.4 Å². The molecule has 122 valence electrons. The third-order valence-corrected chi connectivity index (χ3v) is 3.86. The van der Waals surface area contributed by atoms with Crippen molar-refractivity contribution >= 4 is 29.5 Å². The number of carboxylic acids is 1. The second-order valence-electron chi connectivity index (χ2n) is 4.87. The van der Waals surface area contributed by atoms with Crippen LogP contribution in [0.3, 0.4) is 0 Å². The first-order chi connectivity index (χ1) is 9.83. The Morgan fingerprint density at radius 2 is 1.90 bits per heavy atom. The molecule has 0 radical (unpaired) electrons. The van der Waals surface area contributed by atoms with Crippen molar-refractivity contribution < 1.29 is 19.5 Å². The molecule has 8 heteroatoms. The molecule has 0 aliphatic rings. The highest BCUT2D eigenvalue weighted by atomic mass is 32.2. The maximum Gasteiger partial charge on any atom is 0.322 e. The molecule has 21 heavy (non-hydrogen) atoms. The van der Waals surface area contributed by atoms with Crippen LogP contribution < -0.4 is 16.4 Å². The van der Waals surface area contributed by atoms with Crippen molar-refractivity contribution in [2.75, 3.05) is 18.6 Å². The van der Waals surface area contributed by atoms with Gasteiger partial charge in [0.15, 0.2) is 0 Å². The fourth-order valence-electron chi connectivity index (χ4n) is 1.57. The molecule has 0 aromatic carbocycles. The van der Waals surface area contributed by atoms with Gasteiger partial charge < -0.3 is 21.5 Å². The lowest BCUT2D eigenvalue weighted by Crippen LogP contribution is -2.53. The predicted octanol–water partition coefficient (Wildman–Crippen LogP) is -0.201. The SMILES string of the molecule is CCC(C)C(N)C(=O)NC(CCSC)C(=O)NCC(=O)O. The van der Waals surface area contributed by atoms with Gasteiger partial charge in [-0.1, -0.05) is 20.3 Å². The standard InChI is InChI=1S/C13H25N3O4S/c1-4-8(2)11(14)13(20)16-9(5-6-21-3)12(19)15-7-10(17)18/h8-9,11H,4-7,14H2,1-3H3,(H,15,19)(H,16,20)(H,17,18). The average molecular weight is 319 g/mol. The van der Waals surface area contributed by atoms with Gasteiger partial charge in [-0.05, 0) is 24.3 Å². The smallest absolute Gasteiger partial charge is 0.322 e. The first-order valence-corrected chi connectivity index (χ1v) is 8.27. The number of nitrogens with one attached hydrogen (secondary N) is 2. The van der Waals surface area contributed by atoms with Crippen LogP contribution in [0.4, 0.5) is 0 Å². The Labute approximate surface area is 129 Å². The van der Waals surface area contributed by atoms with Crippen molar-refractivity contribution in [3.8, 4) is 0 Å². The molecule has 0 saturated carbocycles. The summed E-state index contributed by atoms with van der Waals surface area (Å²) < 4.78 is 0. The zero-order valence-electron chi connectivity index (χ0n) is 12.7. The molecule has 0 aromatic rings. The van der Waals surface area contributed by atoms with E-state index in [1.807, 2.05) is 20.1 Å². The largest absolute Gasteiger partial charge is 0.480 e. The normalized spacial score (nSPS) is 14.9. The molecule has 0 heterocycles. The van der Waals surface area contributed by atoms with E-state index in [4.69, 9.17) is 10.8 Å². The Bertz CT molecular complexity index is 365. The predicted molar refractivity (Wildman–Crippen MR) is 83.0 cm³/mol. The van der Waals surface area contributed by atoms with Gasteiger partial charge in [-0.2, -0.15) is 11.8 Å². The minimum atomic E-state index is -1.13. The number of hydrogen-bond acceptors (Lipinski definition) is 5. The van der Waals surface area contributed by atoms with E-state index in [1.54, 1.807) is 0 Å². The van der Waals surface area contributed by atoms with Gasteiger partial charge in [0.1, 0.15) is 12.6 Å². The van der Waals surface area contributed by atoms with Gasteiger partial charge in [0.2, 0.25) is 11.8 Å². The fraction of sp³-hybridized carbons (Fsp3) is 0.769. The minimum Gasteiger partial charge on any atom is -0.480 e. The summed E-state index contributed by atoms with van der Waals surface area (Å²) in [6, 6.07) is -1.45. The van der Waals surface area contributed by atoms with Crippen LogP contribution in [0.2, 0.25) is 0 Å². The molecule has 0 spiro atoms. The summed E-state index contributed by atoms with van der Waals surface area (Å²) >= 11 is 1.54. The molecule has 0 bridgehead atoms. The van der Waals surface area contributed by atoms with Gasteiger partial charge >= 0.3 is 5.97 Å². The van der Waals surface area contributed by atoms with Gasteiger partial charge in [-0.25, -0.2) is 0 Å². The number of carboxylic acid groups (broad SMARTS) is 1. The Morgan fingerprint density at radius 1 is 1.29 bits per heavy atom. The molecule has 3 atom stereocenters. The third kappa shape index (κ3) is 7.91. The molecule has 0 saturated heterocycles. The van der Waals surface area contributed by atoms with Crippen molar-refractivity contribution in [1.29, 1.82) is 0 Å². The van der Waals surface area contributed by atoms with Crippen molar-refractivity contribution in [3.05, 3.63) is 0 Å². The summed E-state index contributed by atoms with van der Waals surface area (Å²) in [5, 5.41) is 13.5. The Balaban J connectivity index is 4.63. The molecule has 0 aromatic heterocycles. The summed E-state index contributed by atoms with van der Waals surface area (Å²) in [6.45, 7) is 3.33. The van der Waals surface area contributed by atoms with E-state index in [2.05, 4.69) is 10.6 Å². The van der Waals surface area contributed by atoms with Crippen LogP contribution in [0.5, 0.6) is 0 Å². The molecular formula is C13H25N3O4S. The van der Waals surface area contributed by atoms with Gasteiger partial charge in [0.25, 0.3) is 0 Å². The zero-order chi connectivity index (χ0) is 16.4. The number of carbonyl (C=O) groups is 3. The number of carbonyl (C=O) groups excluding carboxylic acids is 2. The van der Waals surface area contributed by atoms with Crippen molar-refractivity contribution in [3.63, 3.8) is 0 Å². The first-order valence-electron chi connectivity index (χ1n) is 6.87. The van der Waals surface area contributed by atoms with E-state index in [-0.39, 0.29) is 11.8 Å². The zero-order valence-corrected chi connectivity index (χ0v) is 13.5. The number of thioether (sulfide) groups is 1. The van der Waals surface area contributed by atoms with Gasteiger partial charge in [-0.3, -0.25) is 14.4 Å². The highest BCUT2D eigenvalue weighted by Gasteiger charge is 2.25. The lowest BCUT2D eigenvalue weighted by atomic mass is 9.99. The van der Waals surface area contributed by atoms with Gasteiger partial charge in [0, 0.05) is 0 Å². The Hall–Kier alpha value is -1.28. The van der Waals surface area contributed by atoms with E-state index in [1.165, 1.54) is 11.8 Å². The Kier molecular flexibility index (Phi) is 9.81. The third-order valence-electron chi connectivity index (χ3n) is 3.22. The fourth-order valence-corrected chi connectivity index (χ4v) is 2.04. The second-order valence-corrected chi connectivity index (χ2v) is 5.85. The number of aliphatic carboxylic acids is 1. The summed E-state index contributed by atoms with van der Waals surface area (Å²) in [4.78, 5) is 34.4. The van der Waals surface area contributed by atoms with Crippen molar-refractivity contribution in [1.82, 2.24) is 10.6 Å². The van der Waals surface area contributed by atoms with Crippen LogP contribution in [0, 0.1) is 5.92 Å². The van der Waals surface area contributed by atoms with Gasteiger partial charge in [-0.15, -0.1) is 0 Å². The molecule has 0 fully saturated rings. The second kappa shape index (κ2) is 10.4. The topological polar surface area (TPSA) is 122 Å². The summed E-state index contributed by atoms with van der Waals surface area (Å²) in [7, 11) is 0. The maximum atomic E-state index is 12.0. The van der Waals surface area contributed by atoms with Crippen LogP contribution in [0.1, 0.15) is 26.7 Å². The molecule has 2 amide bonds.